The van der Waals surface area contributed by atoms with Crippen LogP contribution >= 0.6 is 0 Å². The van der Waals surface area contributed by atoms with Crippen LogP contribution in [0.15, 0.2) is 35.2 Å². The number of benzene rings is 1. The van der Waals surface area contributed by atoms with Crippen molar-refractivity contribution in [2.45, 2.75) is 31.1 Å². The number of fused-ring (bicyclic) bond motifs is 3. The molecule has 1 aromatic carbocycles. The van der Waals surface area contributed by atoms with Gasteiger partial charge >= 0.3 is 6.18 Å². The summed E-state index contributed by atoms with van der Waals surface area (Å²) < 4.78 is 69.3. The van der Waals surface area contributed by atoms with Crippen LogP contribution in [0.5, 0.6) is 5.88 Å². The third-order valence-corrected chi connectivity index (χ3v) is 6.96. The lowest BCUT2D eigenvalue weighted by atomic mass is 10.1. The minimum Gasteiger partial charge on any atom is -0.494 e. The molecular weight excluding hydrogens is 421 g/mol. The molecule has 0 saturated carbocycles. The Morgan fingerprint density at radius 3 is 2.60 bits per heavy atom. The number of halogens is 3. The Balaban J connectivity index is 1.82. The quantitative estimate of drug-likeness (QED) is 0.665. The van der Waals surface area contributed by atoms with E-state index in [1.54, 1.807) is 25.1 Å². The monoisotopic (exact) mass is 436 g/mol. The van der Waals surface area contributed by atoms with E-state index in [9.17, 15) is 26.7 Å². The van der Waals surface area contributed by atoms with Gasteiger partial charge < -0.3 is 9.67 Å². The number of aryl methyl sites for hydroxylation is 1. The second-order valence-corrected chi connectivity index (χ2v) is 8.84. The predicted octanol–water partition coefficient (Wildman–Crippen LogP) is 3.15. The zero-order valence-electron chi connectivity index (χ0n) is 15.6. The summed E-state index contributed by atoms with van der Waals surface area (Å²) >= 11 is 0. The molecule has 30 heavy (non-hydrogen) atoms. The van der Waals surface area contributed by atoms with Crippen molar-refractivity contribution in [1.82, 2.24) is 13.9 Å². The molecule has 0 radical (unpaired) electrons. The number of rotatable bonds is 2. The van der Waals surface area contributed by atoms with Crippen molar-refractivity contribution in [3.05, 3.63) is 52.8 Å². The second-order valence-electron chi connectivity index (χ2n) is 6.93. The number of aromatic hydroxyl groups is 1. The molecule has 0 unspecified atom stereocenters. The first-order valence-corrected chi connectivity index (χ1v) is 10.3. The number of aromatic nitrogens is 2. The first kappa shape index (κ1) is 20.2. The van der Waals surface area contributed by atoms with Crippen molar-refractivity contribution >= 4 is 20.9 Å². The van der Waals surface area contributed by atoms with Gasteiger partial charge in [-0.05, 0) is 37.3 Å². The molecule has 2 aromatic heterocycles. The summed E-state index contributed by atoms with van der Waals surface area (Å²) in [6.45, 7) is 1.44. The summed E-state index contributed by atoms with van der Waals surface area (Å²) in [5, 5.41) is 19.8. The van der Waals surface area contributed by atoms with Crippen LogP contribution in [-0.2, 0) is 29.3 Å². The van der Waals surface area contributed by atoms with Crippen molar-refractivity contribution in [3.63, 3.8) is 0 Å². The fraction of sp³-hybridized carbons (Fsp3) is 0.263. The molecule has 1 N–H and O–H groups in total. The van der Waals surface area contributed by atoms with Gasteiger partial charge in [0.25, 0.3) is 0 Å². The molecular formula is C19H15F3N4O3S. The van der Waals surface area contributed by atoms with Crippen molar-refractivity contribution in [2.24, 2.45) is 0 Å². The fourth-order valence-corrected chi connectivity index (χ4v) is 5.19. The highest BCUT2D eigenvalue weighted by molar-refractivity contribution is 7.89. The smallest absolute Gasteiger partial charge is 0.417 e. The van der Waals surface area contributed by atoms with E-state index in [0.717, 1.165) is 16.4 Å². The highest BCUT2D eigenvalue weighted by atomic mass is 32.2. The van der Waals surface area contributed by atoms with E-state index in [0.29, 0.717) is 28.4 Å². The van der Waals surface area contributed by atoms with Crippen LogP contribution in [0.1, 0.15) is 22.5 Å². The van der Waals surface area contributed by atoms with Crippen LogP contribution in [0.25, 0.3) is 10.9 Å². The summed E-state index contributed by atoms with van der Waals surface area (Å²) in [5.41, 5.74) is -0.206. The maximum absolute atomic E-state index is 13.5. The molecule has 7 nitrogen and oxygen atoms in total. The molecule has 0 saturated heterocycles. The Bertz CT molecular complexity index is 1320. The van der Waals surface area contributed by atoms with Gasteiger partial charge in [0.2, 0.25) is 15.9 Å². The molecule has 1 aliphatic heterocycles. The lowest BCUT2D eigenvalue weighted by Crippen LogP contribution is -2.38. The van der Waals surface area contributed by atoms with Crippen molar-refractivity contribution < 1.29 is 26.7 Å². The normalized spacial score (nSPS) is 15.2. The SMILES string of the molecule is Cc1ccc2c(O)n3c(c2n1)CN(S(=O)(=O)c1ccc(C#N)cc1C(F)(F)F)CC3. The summed E-state index contributed by atoms with van der Waals surface area (Å²) in [7, 11) is -4.53. The highest BCUT2D eigenvalue weighted by Gasteiger charge is 2.40. The number of pyridine rings is 1. The number of nitriles is 1. The highest BCUT2D eigenvalue weighted by Crippen LogP contribution is 2.38. The molecule has 0 fully saturated rings. The third kappa shape index (κ3) is 3.09. The van der Waals surface area contributed by atoms with Crippen LogP contribution in [0.2, 0.25) is 0 Å². The summed E-state index contributed by atoms with van der Waals surface area (Å²) in [6.07, 6.45) is -4.95. The van der Waals surface area contributed by atoms with Gasteiger partial charge in [0.1, 0.15) is 0 Å². The number of sulfonamides is 1. The Morgan fingerprint density at radius 2 is 1.93 bits per heavy atom. The maximum atomic E-state index is 13.5. The maximum Gasteiger partial charge on any atom is 0.417 e. The van der Waals surface area contributed by atoms with Crippen LogP contribution in [0.3, 0.4) is 0 Å². The first-order chi connectivity index (χ1) is 14.0. The lowest BCUT2D eigenvalue weighted by molar-refractivity contribution is -0.139. The van der Waals surface area contributed by atoms with Crippen LogP contribution < -0.4 is 0 Å². The van der Waals surface area contributed by atoms with Crippen LogP contribution in [0.4, 0.5) is 13.2 Å². The minimum atomic E-state index is -4.95. The Kier molecular flexibility index (Phi) is 4.52. The zero-order valence-corrected chi connectivity index (χ0v) is 16.4. The van der Waals surface area contributed by atoms with Gasteiger partial charge in [-0.2, -0.15) is 22.7 Å². The Labute approximate surface area is 169 Å². The molecule has 0 amide bonds. The molecule has 3 aromatic rings. The third-order valence-electron chi connectivity index (χ3n) is 5.06. The van der Waals surface area contributed by atoms with Crippen LogP contribution in [0, 0.1) is 18.3 Å². The molecule has 11 heteroatoms. The Hall–Kier alpha value is -3.10. The van der Waals surface area contributed by atoms with E-state index < -0.39 is 26.7 Å². The molecule has 0 atom stereocenters. The average molecular weight is 436 g/mol. The molecule has 0 bridgehead atoms. The van der Waals surface area contributed by atoms with Crippen molar-refractivity contribution in [2.75, 3.05) is 6.54 Å². The largest absolute Gasteiger partial charge is 0.494 e. The van der Waals surface area contributed by atoms with Gasteiger partial charge in [0, 0.05) is 18.8 Å². The summed E-state index contributed by atoms with van der Waals surface area (Å²) in [5.74, 6) is -0.0566. The topological polar surface area (TPSA) is 99.2 Å². The second kappa shape index (κ2) is 6.72. The van der Waals surface area contributed by atoms with E-state index in [2.05, 4.69) is 4.98 Å². The summed E-state index contributed by atoms with van der Waals surface area (Å²) in [4.78, 5) is 3.45. The lowest BCUT2D eigenvalue weighted by Gasteiger charge is -2.29. The molecule has 0 aliphatic carbocycles. The van der Waals surface area contributed by atoms with Crippen molar-refractivity contribution in [3.8, 4) is 11.9 Å². The van der Waals surface area contributed by atoms with E-state index >= 15 is 0 Å². The zero-order chi connectivity index (χ0) is 21.8. The van der Waals surface area contributed by atoms with Gasteiger partial charge in [-0.1, -0.05) is 0 Å². The fourth-order valence-electron chi connectivity index (χ4n) is 3.61. The summed E-state index contributed by atoms with van der Waals surface area (Å²) in [6, 6.07) is 7.34. The van der Waals surface area contributed by atoms with Crippen molar-refractivity contribution in [1.29, 1.82) is 5.26 Å². The molecule has 4 rings (SSSR count). The molecule has 156 valence electrons. The molecule has 0 spiro atoms. The number of nitrogens with zero attached hydrogens (tertiary/aromatic N) is 4. The van der Waals surface area contributed by atoms with Gasteiger partial charge in [0.15, 0.2) is 0 Å². The molecule has 3 heterocycles. The first-order valence-electron chi connectivity index (χ1n) is 8.83. The van der Waals surface area contributed by atoms with Gasteiger partial charge in [-0.25, -0.2) is 8.42 Å². The Morgan fingerprint density at radius 1 is 1.20 bits per heavy atom. The predicted molar refractivity (Wildman–Crippen MR) is 99.9 cm³/mol. The van der Waals surface area contributed by atoms with E-state index in [1.807, 2.05) is 0 Å². The number of alkyl halides is 3. The standard InChI is InChI=1S/C19H15F3N4O3S/c1-11-2-4-13-17(24-11)15-10-25(6-7-26(15)18(13)27)30(28,29)16-5-3-12(9-23)8-14(16)19(20,21)22/h2-5,8,27H,6-7,10H2,1H3. The van der Waals surface area contributed by atoms with E-state index in [4.69, 9.17) is 5.26 Å². The molecule has 1 aliphatic rings. The average Bonchev–Trinajstić information content (AvgIpc) is 2.98. The number of hydrogen-bond acceptors (Lipinski definition) is 5. The minimum absolute atomic E-state index is 0.0566. The van der Waals surface area contributed by atoms with Crippen LogP contribution in [-0.4, -0.2) is 33.9 Å². The van der Waals surface area contributed by atoms with Gasteiger partial charge in [-0.3, -0.25) is 4.98 Å². The van der Waals surface area contributed by atoms with Gasteiger partial charge in [-0.15, -0.1) is 0 Å². The van der Waals surface area contributed by atoms with Gasteiger partial charge in [0.05, 0.1) is 45.2 Å². The van der Waals surface area contributed by atoms with E-state index in [1.165, 1.54) is 4.57 Å². The number of hydrogen-bond donors (Lipinski definition) is 1. The van der Waals surface area contributed by atoms with E-state index in [-0.39, 0.29) is 31.1 Å².